The van der Waals surface area contributed by atoms with Crippen molar-refractivity contribution >= 4 is 33.3 Å². The van der Waals surface area contributed by atoms with Gasteiger partial charge in [-0.1, -0.05) is 36.4 Å². The topological polar surface area (TPSA) is 102 Å². The van der Waals surface area contributed by atoms with E-state index in [1.807, 2.05) is 0 Å². The third kappa shape index (κ3) is 4.47. The van der Waals surface area contributed by atoms with Crippen LogP contribution in [0.25, 0.3) is 0 Å². The van der Waals surface area contributed by atoms with Crippen LogP contribution in [0, 0.1) is 0 Å². The first-order valence-corrected chi connectivity index (χ1v) is 12.1. The summed E-state index contributed by atoms with van der Waals surface area (Å²) in [6, 6.07) is 19.9. The number of hydrogen-bond donors (Lipinski definition) is 1. The Balaban J connectivity index is 1.62. The summed E-state index contributed by atoms with van der Waals surface area (Å²) in [6.45, 7) is 1.96. The number of anilines is 2. The molecule has 176 valence electrons. The van der Waals surface area contributed by atoms with Crippen LogP contribution in [0.1, 0.15) is 22.8 Å². The van der Waals surface area contributed by atoms with Gasteiger partial charge in [-0.15, -0.1) is 0 Å². The molecule has 34 heavy (non-hydrogen) atoms. The van der Waals surface area contributed by atoms with Gasteiger partial charge >= 0.3 is 5.97 Å². The van der Waals surface area contributed by atoms with Crippen LogP contribution in [0.5, 0.6) is 5.75 Å². The Bertz CT molecular complexity index is 1320. The minimum Gasteiger partial charge on any atom is -0.495 e. The van der Waals surface area contributed by atoms with Crippen LogP contribution in [-0.2, 0) is 26.0 Å². The van der Waals surface area contributed by atoms with E-state index < -0.39 is 28.0 Å². The molecule has 1 unspecified atom stereocenters. The molecule has 0 fully saturated rings. The van der Waals surface area contributed by atoms with Crippen molar-refractivity contribution in [3.63, 3.8) is 0 Å². The lowest BCUT2D eigenvalue weighted by Crippen LogP contribution is -2.38. The van der Waals surface area contributed by atoms with Crippen molar-refractivity contribution in [3.8, 4) is 5.75 Å². The second kappa shape index (κ2) is 9.56. The van der Waals surface area contributed by atoms with Crippen molar-refractivity contribution in [2.45, 2.75) is 24.3 Å². The molecule has 0 aliphatic carbocycles. The molecule has 9 heteroatoms. The van der Waals surface area contributed by atoms with E-state index in [1.54, 1.807) is 61.5 Å². The zero-order chi connectivity index (χ0) is 24.3. The van der Waals surface area contributed by atoms with E-state index in [4.69, 9.17) is 9.47 Å². The molecule has 1 N–H and O–H groups in total. The number of sulfonamides is 1. The summed E-state index contributed by atoms with van der Waals surface area (Å²) in [6.07, 6.45) is -0.838. The van der Waals surface area contributed by atoms with Crippen LogP contribution >= 0.6 is 0 Å². The summed E-state index contributed by atoms with van der Waals surface area (Å²) >= 11 is 0. The SMILES string of the molecule is CCN(c1ccccc1)S(=O)(=O)c1ccc(OC)c(NC(=O)C2Cc3ccccc3C(=O)O2)c1. The molecule has 0 radical (unpaired) electrons. The third-order valence-electron chi connectivity index (χ3n) is 5.53. The van der Waals surface area contributed by atoms with Gasteiger partial charge in [-0.25, -0.2) is 13.2 Å². The Morgan fingerprint density at radius 2 is 1.79 bits per heavy atom. The molecule has 0 saturated heterocycles. The van der Waals surface area contributed by atoms with Crippen LogP contribution in [0.3, 0.4) is 0 Å². The van der Waals surface area contributed by atoms with Crippen molar-refractivity contribution in [2.24, 2.45) is 0 Å². The summed E-state index contributed by atoms with van der Waals surface area (Å²) in [5.74, 6) is -0.879. The zero-order valence-electron chi connectivity index (χ0n) is 18.7. The number of carbonyl (C=O) groups is 2. The zero-order valence-corrected chi connectivity index (χ0v) is 19.5. The number of ether oxygens (including phenoxy) is 2. The van der Waals surface area contributed by atoms with Crippen molar-refractivity contribution in [3.05, 3.63) is 83.9 Å². The maximum absolute atomic E-state index is 13.4. The van der Waals surface area contributed by atoms with Gasteiger partial charge in [-0.3, -0.25) is 9.10 Å². The minimum atomic E-state index is -3.92. The number of para-hydroxylation sites is 1. The molecule has 1 aliphatic heterocycles. The normalized spacial score (nSPS) is 15.1. The largest absolute Gasteiger partial charge is 0.495 e. The van der Waals surface area contributed by atoms with Gasteiger partial charge in [0.2, 0.25) is 0 Å². The van der Waals surface area contributed by atoms with E-state index in [2.05, 4.69) is 5.32 Å². The summed E-state index contributed by atoms with van der Waals surface area (Å²) < 4.78 is 38.7. The minimum absolute atomic E-state index is 0.0136. The highest BCUT2D eigenvalue weighted by Crippen LogP contribution is 2.31. The van der Waals surface area contributed by atoms with Gasteiger partial charge in [-0.2, -0.15) is 0 Å². The average Bonchev–Trinajstić information content (AvgIpc) is 2.85. The molecule has 3 aromatic carbocycles. The predicted molar refractivity (Wildman–Crippen MR) is 128 cm³/mol. The second-order valence-electron chi connectivity index (χ2n) is 7.61. The Labute approximate surface area is 198 Å². The Morgan fingerprint density at radius 1 is 1.09 bits per heavy atom. The van der Waals surface area contributed by atoms with Crippen molar-refractivity contribution < 1.29 is 27.5 Å². The number of rotatable bonds is 7. The Hall–Kier alpha value is -3.85. The number of nitrogens with one attached hydrogen (secondary N) is 1. The first kappa shape index (κ1) is 23.3. The Morgan fingerprint density at radius 3 is 2.50 bits per heavy atom. The molecule has 1 heterocycles. The number of amides is 1. The number of cyclic esters (lactones) is 1. The molecule has 4 rings (SSSR count). The van der Waals surface area contributed by atoms with Crippen LogP contribution in [0.15, 0.2) is 77.7 Å². The highest BCUT2D eigenvalue weighted by molar-refractivity contribution is 7.92. The lowest BCUT2D eigenvalue weighted by Gasteiger charge is -2.25. The molecule has 1 amide bonds. The number of esters is 1. The summed E-state index contributed by atoms with van der Waals surface area (Å²) in [7, 11) is -2.50. The van der Waals surface area contributed by atoms with Crippen molar-refractivity contribution in [1.82, 2.24) is 0 Å². The Kier molecular flexibility index (Phi) is 6.56. The summed E-state index contributed by atoms with van der Waals surface area (Å²) in [4.78, 5) is 25.2. The van der Waals surface area contributed by atoms with E-state index in [-0.39, 0.29) is 29.3 Å². The van der Waals surface area contributed by atoms with E-state index in [9.17, 15) is 18.0 Å². The smallest absolute Gasteiger partial charge is 0.339 e. The summed E-state index contributed by atoms with van der Waals surface area (Å²) in [5, 5.41) is 2.67. The fourth-order valence-corrected chi connectivity index (χ4v) is 5.35. The molecule has 0 bridgehead atoms. The van der Waals surface area contributed by atoms with Crippen molar-refractivity contribution in [2.75, 3.05) is 23.3 Å². The predicted octanol–water partition coefficient (Wildman–Crippen LogP) is 3.63. The van der Waals surface area contributed by atoms with E-state index in [0.29, 0.717) is 16.8 Å². The number of methoxy groups -OCH3 is 1. The van der Waals surface area contributed by atoms with Crippen molar-refractivity contribution in [1.29, 1.82) is 0 Å². The van der Waals surface area contributed by atoms with Crippen LogP contribution in [0.2, 0.25) is 0 Å². The summed E-state index contributed by atoms with van der Waals surface area (Å²) in [5.41, 5.74) is 1.83. The van der Waals surface area contributed by atoms with Gasteiger partial charge in [0.25, 0.3) is 15.9 Å². The quantitative estimate of drug-likeness (QED) is 0.518. The van der Waals surface area contributed by atoms with Crippen LogP contribution in [0.4, 0.5) is 11.4 Å². The van der Waals surface area contributed by atoms with Crippen LogP contribution in [-0.4, -0.2) is 40.1 Å². The average molecular weight is 481 g/mol. The third-order valence-corrected chi connectivity index (χ3v) is 7.43. The molecular formula is C25H24N2O6S. The standard InChI is InChI=1S/C25H24N2O6S/c1-3-27(18-10-5-4-6-11-18)34(30,31)19-13-14-22(32-2)21(16-19)26-24(28)23-15-17-9-7-8-12-20(17)25(29)33-23/h4-14,16,23H,3,15H2,1-2H3,(H,26,28). The number of carbonyl (C=O) groups excluding carboxylic acids is 2. The van der Waals surface area contributed by atoms with Gasteiger partial charge in [0.05, 0.1) is 28.9 Å². The van der Waals surface area contributed by atoms with Gasteiger partial charge in [0.15, 0.2) is 6.10 Å². The number of nitrogens with zero attached hydrogens (tertiary/aromatic N) is 1. The van der Waals surface area contributed by atoms with Gasteiger partial charge in [0, 0.05) is 13.0 Å². The second-order valence-corrected chi connectivity index (χ2v) is 9.47. The number of hydrogen-bond acceptors (Lipinski definition) is 6. The number of fused-ring (bicyclic) bond motifs is 1. The highest BCUT2D eigenvalue weighted by atomic mass is 32.2. The highest BCUT2D eigenvalue weighted by Gasteiger charge is 2.32. The van der Waals surface area contributed by atoms with E-state index in [0.717, 1.165) is 0 Å². The molecule has 3 aromatic rings. The van der Waals surface area contributed by atoms with Gasteiger partial charge < -0.3 is 14.8 Å². The number of benzene rings is 3. The monoisotopic (exact) mass is 480 g/mol. The molecule has 0 saturated carbocycles. The lowest BCUT2D eigenvalue weighted by molar-refractivity contribution is -0.125. The van der Waals surface area contributed by atoms with Gasteiger partial charge in [0.1, 0.15) is 5.75 Å². The fraction of sp³-hybridized carbons (Fsp3) is 0.200. The fourth-order valence-electron chi connectivity index (χ4n) is 3.85. The molecule has 8 nitrogen and oxygen atoms in total. The molecule has 0 aromatic heterocycles. The van der Waals surface area contributed by atoms with Gasteiger partial charge in [-0.05, 0) is 48.9 Å². The van der Waals surface area contributed by atoms with Crippen LogP contribution < -0.4 is 14.4 Å². The maximum Gasteiger partial charge on any atom is 0.339 e. The molecule has 0 spiro atoms. The molecular weight excluding hydrogens is 456 g/mol. The van der Waals surface area contributed by atoms with E-state index >= 15 is 0 Å². The molecule has 1 aliphatic rings. The first-order chi connectivity index (χ1) is 16.3. The molecule has 1 atom stereocenters. The first-order valence-electron chi connectivity index (χ1n) is 10.7. The maximum atomic E-state index is 13.4. The lowest BCUT2D eigenvalue weighted by atomic mass is 9.98. The van der Waals surface area contributed by atoms with E-state index in [1.165, 1.54) is 29.6 Å².